The van der Waals surface area contributed by atoms with E-state index in [1.54, 1.807) is 6.07 Å². The highest BCUT2D eigenvalue weighted by molar-refractivity contribution is 6.33. The molecule has 3 aromatic carbocycles. The zero-order valence-electron chi connectivity index (χ0n) is 22.4. The number of aliphatic carboxylic acids is 1. The van der Waals surface area contributed by atoms with Gasteiger partial charge in [0.25, 0.3) is 0 Å². The molecule has 1 atom stereocenters. The number of carboxylic acid groups (broad SMARTS) is 1. The molecule has 12 heteroatoms. The summed E-state index contributed by atoms with van der Waals surface area (Å²) in [5, 5.41) is 10.9. The summed E-state index contributed by atoms with van der Waals surface area (Å²) in [6, 6.07) is 18.4. The summed E-state index contributed by atoms with van der Waals surface area (Å²) in [6.07, 6.45) is -4.07. The normalized spacial score (nSPS) is 11.8. The van der Waals surface area contributed by atoms with Gasteiger partial charge >= 0.3 is 12.1 Å². The predicted octanol–water partition coefficient (Wildman–Crippen LogP) is 6.04. The molecule has 3 rings (SSSR count). The number of carbonyl (C=O) groups excluding carboxylic acids is 1. The molecule has 0 aliphatic carbocycles. The van der Waals surface area contributed by atoms with Gasteiger partial charge in [0.1, 0.15) is 6.61 Å². The third-order valence-electron chi connectivity index (χ3n) is 5.80. The molecule has 0 spiro atoms. The predicted molar refractivity (Wildman–Crippen MR) is 148 cm³/mol. The second-order valence-electron chi connectivity index (χ2n) is 8.72. The molecule has 0 radical (unpaired) electrons. The summed E-state index contributed by atoms with van der Waals surface area (Å²) in [5.74, 6) is -4.19. The topological polar surface area (TPSA) is 111 Å². The van der Waals surface area contributed by atoms with Crippen LogP contribution in [-0.4, -0.2) is 56.6 Å². The number of benzene rings is 3. The summed E-state index contributed by atoms with van der Waals surface area (Å²) >= 11 is 6.54. The van der Waals surface area contributed by atoms with Crippen molar-refractivity contribution in [3.8, 4) is 16.9 Å². The van der Waals surface area contributed by atoms with E-state index in [0.29, 0.717) is 23.7 Å². The summed E-state index contributed by atoms with van der Waals surface area (Å²) in [5.41, 5.74) is 8.11. The van der Waals surface area contributed by atoms with Gasteiger partial charge in [0.15, 0.2) is 11.6 Å². The number of rotatable bonds is 12. The SMILES string of the molecule is CCCNCC(c1ccccc1)c1ccc(Cl)c(-c2c(C(N)=O)ccc(OCCOC)c2F)c1.O=C(O)C(F)(F)F. The summed E-state index contributed by atoms with van der Waals surface area (Å²) < 4.78 is 57.9. The molecule has 4 N–H and O–H groups in total. The Morgan fingerprint density at radius 2 is 1.71 bits per heavy atom. The molecule has 0 aromatic heterocycles. The molecule has 7 nitrogen and oxygen atoms in total. The Balaban J connectivity index is 0.000000745. The van der Waals surface area contributed by atoms with Gasteiger partial charge in [-0.05, 0) is 48.4 Å². The Morgan fingerprint density at radius 1 is 1.05 bits per heavy atom. The molecule has 0 heterocycles. The van der Waals surface area contributed by atoms with Crippen molar-refractivity contribution in [2.75, 3.05) is 33.4 Å². The maximum absolute atomic E-state index is 15.6. The van der Waals surface area contributed by atoms with Gasteiger partial charge in [-0.25, -0.2) is 9.18 Å². The van der Waals surface area contributed by atoms with Crippen molar-refractivity contribution in [2.45, 2.75) is 25.4 Å². The Kier molecular flexibility index (Phi) is 13.0. The van der Waals surface area contributed by atoms with Crippen molar-refractivity contribution >= 4 is 23.5 Å². The number of primary amides is 1. The first-order chi connectivity index (χ1) is 19.4. The van der Waals surface area contributed by atoms with Crippen LogP contribution in [-0.2, 0) is 9.53 Å². The van der Waals surface area contributed by atoms with E-state index in [0.717, 1.165) is 24.1 Å². The Labute approximate surface area is 240 Å². The summed E-state index contributed by atoms with van der Waals surface area (Å²) in [6.45, 7) is 4.15. The zero-order valence-corrected chi connectivity index (χ0v) is 23.2. The van der Waals surface area contributed by atoms with Crippen LogP contribution in [0.3, 0.4) is 0 Å². The van der Waals surface area contributed by atoms with Crippen LogP contribution in [0.1, 0.15) is 40.7 Å². The number of methoxy groups -OCH3 is 1. The van der Waals surface area contributed by atoms with Gasteiger partial charge in [0.05, 0.1) is 12.2 Å². The standard InChI is InChI=1S/C27H30ClFN2O3.C2HF3O2/c1-3-13-31-17-22(18-7-5-4-6-8-18)19-9-11-23(28)21(16-19)25-20(27(30)32)10-12-24(26(25)29)34-15-14-33-2;3-2(4,5)1(6)7/h4-12,16,22,31H,3,13-15,17H2,1-2H3,(H2,30,32);(H,6,7). The first kappa shape index (κ1) is 33.5. The van der Waals surface area contributed by atoms with E-state index >= 15 is 4.39 Å². The van der Waals surface area contributed by atoms with Gasteiger partial charge in [-0.15, -0.1) is 0 Å². The molecule has 1 unspecified atom stereocenters. The maximum Gasteiger partial charge on any atom is 0.490 e. The van der Waals surface area contributed by atoms with Crippen LogP contribution in [0.5, 0.6) is 5.75 Å². The minimum atomic E-state index is -5.08. The van der Waals surface area contributed by atoms with E-state index in [2.05, 4.69) is 24.4 Å². The number of carboxylic acids is 1. The Hall–Kier alpha value is -3.67. The van der Waals surface area contributed by atoms with Crippen LogP contribution in [0.4, 0.5) is 17.6 Å². The first-order valence-electron chi connectivity index (χ1n) is 12.5. The number of ether oxygens (including phenoxy) is 2. The molecule has 0 fully saturated rings. The van der Waals surface area contributed by atoms with Crippen molar-refractivity contribution in [3.63, 3.8) is 0 Å². The number of nitrogens with two attached hydrogens (primary N) is 1. The lowest BCUT2D eigenvalue weighted by Gasteiger charge is -2.21. The van der Waals surface area contributed by atoms with Crippen LogP contribution in [0.15, 0.2) is 60.7 Å². The van der Waals surface area contributed by atoms with Crippen LogP contribution in [0.2, 0.25) is 5.02 Å². The van der Waals surface area contributed by atoms with E-state index in [1.165, 1.54) is 19.2 Å². The first-order valence-corrected chi connectivity index (χ1v) is 12.9. The van der Waals surface area contributed by atoms with Gasteiger partial charge in [-0.2, -0.15) is 13.2 Å². The number of hydrogen-bond donors (Lipinski definition) is 3. The fourth-order valence-corrected chi connectivity index (χ4v) is 4.07. The number of halogens is 5. The van der Waals surface area contributed by atoms with Crippen molar-refractivity contribution in [1.82, 2.24) is 5.32 Å². The third-order valence-corrected chi connectivity index (χ3v) is 6.13. The smallest absolute Gasteiger partial charge is 0.488 e. The summed E-state index contributed by atoms with van der Waals surface area (Å²) in [4.78, 5) is 21.1. The van der Waals surface area contributed by atoms with Gasteiger partial charge in [0.2, 0.25) is 5.91 Å². The number of carbonyl (C=O) groups is 2. The minimum absolute atomic E-state index is 0.00254. The fourth-order valence-electron chi connectivity index (χ4n) is 3.86. The van der Waals surface area contributed by atoms with Gasteiger partial charge in [-0.1, -0.05) is 54.9 Å². The zero-order chi connectivity index (χ0) is 30.6. The van der Waals surface area contributed by atoms with Crippen molar-refractivity contribution in [2.24, 2.45) is 5.73 Å². The van der Waals surface area contributed by atoms with E-state index in [9.17, 15) is 18.0 Å². The number of hydrogen-bond acceptors (Lipinski definition) is 5. The van der Waals surface area contributed by atoms with E-state index in [1.807, 2.05) is 30.3 Å². The molecule has 0 saturated carbocycles. The molecule has 222 valence electrons. The monoisotopic (exact) mass is 598 g/mol. The van der Waals surface area contributed by atoms with Gasteiger partial charge in [0, 0.05) is 35.7 Å². The van der Waals surface area contributed by atoms with Gasteiger partial charge < -0.3 is 25.6 Å². The fraction of sp³-hybridized carbons (Fsp3) is 0.310. The lowest BCUT2D eigenvalue weighted by atomic mass is 9.88. The average molecular weight is 599 g/mol. The van der Waals surface area contributed by atoms with Crippen LogP contribution in [0, 0.1) is 5.82 Å². The van der Waals surface area contributed by atoms with Crippen molar-refractivity contribution in [3.05, 3.63) is 88.2 Å². The Bertz CT molecular complexity index is 1310. The quantitative estimate of drug-likeness (QED) is 0.173. The lowest BCUT2D eigenvalue weighted by Crippen LogP contribution is -2.23. The van der Waals surface area contributed by atoms with Crippen LogP contribution >= 0.6 is 11.6 Å². The maximum atomic E-state index is 15.6. The molecule has 3 aromatic rings. The molecular weight excluding hydrogens is 568 g/mol. The van der Waals surface area contributed by atoms with Gasteiger partial charge in [-0.3, -0.25) is 4.79 Å². The molecule has 0 bridgehead atoms. The highest BCUT2D eigenvalue weighted by Crippen LogP contribution is 2.39. The number of nitrogens with one attached hydrogen (secondary N) is 1. The second-order valence-corrected chi connectivity index (χ2v) is 9.12. The van der Waals surface area contributed by atoms with Crippen LogP contribution < -0.4 is 15.8 Å². The number of amides is 1. The summed E-state index contributed by atoms with van der Waals surface area (Å²) in [7, 11) is 1.53. The highest BCUT2D eigenvalue weighted by atomic mass is 35.5. The Morgan fingerprint density at radius 3 is 2.27 bits per heavy atom. The number of alkyl halides is 3. The largest absolute Gasteiger partial charge is 0.490 e. The molecule has 0 aliphatic rings. The lowest BCUT2D eigenvalue weighted by molar-refractivity contribution is -0.192. The minimum Gasteiger partial charge on any atom is -0.488 e. The molecule has 0 aliphatic heterocycles. The molecule has 0 saturated heterocycles. The van der Waals surface area contributed by atoms with E-state index in [-0.39, 0.29) is 29.4 Å². The molecular formula is C29H31ClF4N2O5. The highest BCUT2D eigenvalue weighted by Gasteiger charge is 2.38. The van der Waals surface area contributed by atoms with E-state index < -0.39 is 23.9 Å². The van der Waals surface area contributed by atoms with Crippen LogP contribution in [0.25, 0.3) is 11.1 Å². The van der Waals surface area contributed by atoms with E-state index in [4.69, 9.17) is 36.7 Å². The molecule has 41 heavy (non-hydrogen) atoms. The van der Waals surface area contributed by atoms with Crippen molar-refractivity contribution in [1.29, 1.82) is 0 Å². The second kappa shape index (κ2) is 15.9. The average Bonchev–Trinajstić information content (AvgIpc) is 2.93. The van der Waals surface area contributed by atoms with Crippen molar-refractivity contribution < 1.29 is 41.7 Å². The molecule has 1 amide bonds. The third kappa shape index (κ3) is 9.73.